The quantitative estimate of drug-likeness (QED) is 0.387. The maximum Gasteiger partial charge on any atom is 0.250 e. The number of carbonyl (C=O) groups is 1. The lowest BCUT2D eigenvalue weighted by molar-refractivity contribution is -0.115. The average molecular weight is 421 g/mol. The van der Waals surface area contributed by atoms with Crippen LogP contribution >= 0.6 is 23.6 Å². The van der Waals surface area contributed by atoms with Crippen molar-refractivity contribution >= 4 is 51.3 Å². The minimum atomic E-state index is -0.299. The molecular weight excluding hydrogens is 404 g/mol. The third kappa shape index (κ3) is 4.53. The first-order valence-corrected chi connectivity index (χ1v) is 9.95. The second-order valence-electron chi connectivity index (χ2n) is 6.12. The summed E-state index contributed by atoms with van der Waals surface area (Å²) in [5.41, 5.74) is 2.61. The van der Waals surface area contributed by atoms with Crippen molar-refractivity contribution in [3.63, 3.8) is 0 Å². The largest absolute Gasteiger partial charge is 0.332 e. The molecule has 4 rings (SSSR count). The number of thiocarbonyl (C=S) groups is 1. The molecule has 2 aromatic heterocycles. The summed E-state index contributed by atoms with van der Waals surface area (Å²) in [6, 6.07) is 17.2. The molecule has 2 N–H and O–H groups in total. The fourth-order valence-electron chi connectivity index (χ4n) is 2.61. The van der Waals surface area contributed by atoms with Crippen molar-refractivity contribution in [3.05, 3.63) is 72.1 Å². The molecule has 0 unspecified atom stereocenters. The van der Waals surface area contributed by atoms with E-state index in [4.69, 9.17) is 12.2 Å². The second kappa shape index (κ2) is 8.29. The van der Waals surface area contributed by atoms with Gasteiger partial charge in [-0.2, -0.15) is 9.61 Å². The van der Waals surface area contributed by atoms with Crippen molar-refractivity contribution < 1.29 is 4.79 Å². The van der Waals surface area contributed by atoms with Gasteiger partial charge in [-0.3, -0.25) is 10.1 Å². The van der Waals surface area contributed by atoms with Gasteiger partial charge in [0.1, 0.15) is 5.01 Å². The number of anilines is 1. The van der Waals surface area contributed by atoms with Gasteiger partial charge in [-0.15, -0.1) is 10.2 Å². The molecule has 9 heteroatoms. The van der Waals surface area contributed by atoms with Gasteiger partial charge in [0.25, 0.3) is 0 Å². The Morgan fingerprint density at radius 1 is 1.14 bits per heavy atom. The maximum absolute atomic E-state index is 12.1. The lowest BCUT2D eigenvalue weighted by Crippen LogP contribution is -2.32. The number of fused-ring (bicyclic) bond motifs is 1. The number of nitrogens with zero attached hydrogens (tertiary/aromatic N) is 4. The number of benzene rings is 2. The molecule has 7 nitrogen and oxygen atoms in total. The predicted octanol–water partition coefficient (Wildman–Crippen LogP) is 3.69. The van der Waals surface area contributed by atoms with E-state index in [1.54, 1.807) is 10.6 Å². The van der Waals surface area contributed by atoms with Gasteiger partial charge in [-0.1, -0.05) is 53.8 Å². The molecule has 0 aliphatic heterocycles. The van der Waals surface area contributed by atoms with E-state index in [1.807, 2.05) is 61.5 Å². The number of aryl methyl sites for hydroxylation is 1. The van der Waals surface area contributed by atoms with E-state index in [2.05, 4.69) is 25.9 Å². The molecule has 2 heterocycles. The SMILES string of the molecule is Cc1nnc2sc(-c3cccc(NC(=S)NC(=O)C=Cc4ccccc4)c3)nn12. The third-order valence-electron chi connectivity index (χ3n) is 3.98. The monoisotopic (exact) mass is 420 g/mol. The predicted molar refractivity (Wildman–Crippen MR) is 119 cm³/mol. The summed E-state index contributed by atoms with van der Waals surface area (Å²) in [6.45, 7) is 1.86. The highest BCUT2D eigenvalue weighted by atomic mass is 32.1. The highest BCUT2D eigenvalue weighted by Crippen LogP contribution is 2.27. The van der Waals surface area contributed by atoms with Gasteiger partial charge in [0.05, 0.1) is 0 Å². The maximum atomic E-state index is 12.1. The number of amides is 1. The van der Waals surface area contributed by atoms with E-state index >= 15 is 0 Å². The Kier molecular flexibility index (Phi) is 5.41. The van der Waals surface area contributed by atoms with Crippen LogP contribution in [0.5, 0.6) is 0 Å². The van der Waals surface area contributed by atoms with Crippen LogP contribution in [-0.4, -0.2) is 30.8 Å². The lowest BCUT2D eigenvalue weighted by Gasteiger charge is -2.09. The zero-order chi connectivity index (χ0) is 20.2. The van der Waals surface area contributed by atoms with Crippen LogP contribution < -0.4 is 10.6 Å². The molecule has 144 valence electrons. The summed E-state index contributed by atoms with van der Waals surface area (Å²) in [5.74, 6) is 0.441. The molecule has 0 atom stereocenters. The first kappa shape index (κ1) is 18.9. The van der Waals surface area contributed by atoms with Crippen LogP contribution in [0.15, 0.2) is 60.7 Å². The Bertz CT molecular complexity index is 1210. The molecule has 0 saturated carbocycles. The van der Waals surface area contributed by atoms with Crippen LogP contribution in [0.1, 0.15) is 11.4 Å². The van der Waals surface area contributed by atoms with Crippen molar-refractivity contribution in [2.75, 3.05) is 5.32 Å². The second-order valence-corrected chi connectivity index (χ2v) is 7.48. The van der Waals surface area contributed by atoms with E-state index in [0.29, 0.717) is 0 Å². The van der Waals surface area contributed by atoms with E-state index in [1.165, 1.54) is 17.4 Å². The zero-order valence-corrected chi connectivity index (χ0v) is 17.0. The minimum Gasteiger partial charge on any atom is -0.332 e. The fourth-order valence-corrected chi connectivity index (χ4v) is 3.71. The summed E-state index contributed by atoms with van der Waals surface area (Å²) >= 11 is 6.70. The van der Waals surface area contributed by atoms with Crippen LogP contribution in [0, 0.1) is 6.92 Å². The normalized spacial score (nSPS) is 11.1. The van der Waals surface area contributed by atoms with Crippen molar-refractivity contribution in [1.82, 2.24) is 25.1 Å². The fraction of sp³-hybridized carbons (Fsp3) is 0.0500. The number of aromatic nitrogens is 4. The van der Waals surface area contributed by atoms with Gasteiger partial charge in [-0.25, -0.2) is 0 Å². The molecule has 0 saturated heterocycles. The van der Waals surface area contributed by atoms with Crippen LogP contribution in [0.2, 0.25) is 0 Å². The van der Waals surface area contributed by atoms with Gasteiger partial charge >= 0.3 is 0 Å². The van der Waals surface area contributed by atoms with E-state index in [0.717, 1.165) is 32.6 Å². The van der Waals surface area contributed by atoms with Gasteiger partial charge < -0.3 is 5.32 Å². The van der Waals surface area contributed by atoms with Crippen LogP contribution in [-0.2, 0) is 4.79 Å². The Morgan fingerprint density at radius 2 is 1.97 bits per heavy atom. The highest BCUT2D eigenvalue weighted by molar-refractivity contribution is 7.80. The smallest absolute Gasteiger partial charge is 0.250 e. The Labute approximate surface area is 176 Å². The van der Waals surface area contributed by atoms with Crippen molar-refractivity contribution in [1.29, 1.82) is 0 Å². The summed E-state index contributed by atoms with van der Waals surface area (Å²) < 4.78 is 1.71. The van der Waals surface area contributed by atoms with Gasteiger partial charge in [0.15, 0.2) is 10.9 Å². The van der Waals surface area contributed by atoms with Crippen molar-refractivity contribution in [2.24, 2.45) is 0 Å². The Balaban J connectivity index is 1.41. The summed E-state index contributed by atoms with van der Waals surface area (Å²) in [4.78, 5) is 12.8. The Morgan fingerprint density at radius 3 is 2.76 bits per heavy atom. The molecule has 2 aromatic carbocycles. The highest BCUT2D eigenvalue weighted by Gasteiger charge is 2.11. The molecule has 0 radical (unpaired) electrons. The van der Waals surface area contributed by atoms with Crippen LogP contribution in [0.4, 0.5) is 5.69 Å². The lowest BCUT2D eigenvalue weighted by atomic mass is 10.2. The molecule has 0 fully saturated rings. The first-order valence-electron chi connectivity index (χ1n) is 8.73. The van der Waals surface area contributed by atoms with Gasteiger partial charge in [0.2, 0.25) is 10.9 Å². The topological polar surface area (TPSA) is 84.2 Å². The molecule has 0 spiro atoms. The molecule has 0 aliphatic carbocycles. The summed E-state index contributed by atoms with van der Waals surface area (Å²) in [6.07, 6.45) is 3.18. The zero-order valence-electron chi connectivity index (χ0n) is 15.4. The molecule has 0 aliphatic rings. The number of hydrogen-bond acceptors (Lipinski definition) is 6. The van der Waals surface area contributed by atoms with E-state index in [9.17, 15) is 4.79 Å². The summed E-state index contributed by atoms with van der Waals surface area (Å²) in [7, 11) is 0. The van der Waals surface area contributed by atoms with Gasteiger partial charge in [-0.05, 0) is 42.9 Å². The van der Waals surface area contributed by atoms with Gasteiger partial charge in [0, 0.05) is 17.3 Å². The number of rotatable bonds is 4. The third-order valence-corrected chi connectivity index (χ3v) is 5.13. The minimum absolute atomic E-state index is 0.221. The van der Waals surface area contributed by atoms with E-state index in [-0.39, 0.29) is 11.0 Å². The summed E-state index contributed by atoms with van der Waals surface area (Å²) in [5, 5.41) is 19.3. The number of hydrogen-bond donors (Lipinski definition) is 2. The van der Waals surface area contributed by atoms with Crippen LogP contribution in [0.3, 0.4) is 0 Å². The number of nitrogens with one attached hydrogen (secondary N) is 2. The molecule has 1 amide bonds. The van der Waals surface area contributed by atoms with Crippen molar-refractivity contribution in [2.45, 2.75) is 6.92 Å². The number of carbonyl (C=O) groups excluding carboxylic acids is 1. The van der Waals surface area contributed by atoms with Crippen molar-refractivity contribution in [3.8, 4) is 10.6 Å². The molecular formula is C20H16N6OS2. The molecule has 4 aromatic rings. The Hall–Kier alpha value is -3.43. The standard InChI is InChI=1S/C20H16N6OS2/c1-13-23-24-20-26(13)25-18(29-20)15-8-5-9-16(12-15)21-19(28)22-17(27)11-10-14-6-3-2-4-7-14/h2-12H,1H3,(H2,21,22,27,28). The van der Waals surface area contributed by atoms with Crippen LogP contribution in [0.25, 0.3) is 21.6 Å². The molecule has 0 bridgehead atoms. The molecule has 29 heavy (non-hydrogen) atoms. The van der Waals surface area contributed by atoms with E-state index < -0.39 is 0 Å². The average Bonchev–Trinajstić information content (AvgIpc) is 3.29. The first-order chi connectivity index (χ1) is 14.1.